The van der Waals surface area contributed by atoms with Gasteiger partial charge >= 0.3 is 0 Å². The number of piperidine rings is 1. The van der Waals surface area contributed by atoms with E-state index in [0.29, 0.717) is 11.7 Å². The first-order valence-corrected chi connectivity index (χ1v) is 7.95. The van der Waals surface area contributed by atoms with Gasteiger partial charge in [-0.1, -0.05) is 5.21 Å². The maximum absolute atomic E-state index is 12.8. The van der Waals surface area contributed by atoms with Crippen LogP contribution >= 0.6 is 12.4 Å². The molecule has 0 bridgehead atoms. The molecule has 0 unspecified atom stereocenters. The van der Waals surface area contributed by atoms with E-state index in [1.54, 1.807) is 0 Å². The summed E-state index contributed by atoms with van der Waals surface area (Å²) in [6.45, 7) is 9.07. The Hall–Kier alpha value is -1.14. The molecule has 3 rings (SSSR count). The Labute approximate surface area is 138 Å². The summed E-state index contributed by atoms with van der Waals surface area (Å²) in [5, 5.41) is 11.8. The number of halogens is 1. The summed E-state index contributed by atoms with van der Waals surface area (Å²) in [6, 6.07) is 0.367. The first-order chi connectivity index (χ1) is 10.0. The lowest BCUT2D eigenvalue weighted by atomic mass is 10.0. The Kier molecular flexibility index (Phi) is 5.12. The zero-order chi connectivity index (χ0) is 15.0. The summed E-state index contributed by atoms with van der Waals surface area (Å²) in [7, 11) is 0. The average molecular weight is 328 g/mol. The maximum atomic E-state index is 12.8. The quantitative estimate of drug-likeness (QED) is 0.901. The zero-order valence-electron chi connectivity index (χ0n) is 13.6. The van der Waals surface area contributed by atoms with Crippen LogP contribution in [0, 0.1) is 6.92 Å². The minimum atomic E-state index is -0.0674. The SMILES string of the molecule is Cc1c(C(=O)N2CCCC2(C)C)nnn1C1CCNCC1.Cl. The van der Waals surface area contributed by atoms with Crippen LogP contribution < -0.4 is 5.32 Å². The first kappa shape index (κ1) is 17.2. The standard InChI is InChI=1S/C15H25N5O.ClH/c1-11-13(14(21)19-10-4-7-15(19,2)3)17-18-20(11)12-5-8-16-9-6-12;/h12,16H,4-10H2,1-3H3;1H. The molecular formula is C15H26ClN5O. The van der Waals surface area contributed by atoms with Crippen molar-refractivity contribution in [1.29, 1.82) is 0 Å². The van der Waals surface area contributed by atoms with Crippen LogP contribution in [-0.2, 0) is 0 Å². The lowest BCUT2D eigenvalue weighted by Crippen LogP contribution is -2.43. The summed E-state index contributed by atoms with van der Waals surface area (Å²) in [4.78, 5) is 14.7. The molecule has 1 aromatic rings. The Morgan fingerprint density at radius 2 is 2.00 bits per heavy atom. The fourth-order valence-corrected chi connectivity index (χ4v) is 3.55. The van der Waals surface area contributed by atoms with E-state index in [1.165, 1.54) is 0 Å². The van der Waals surface area contributed by atoms with Gasteiger partial charge in [-0.05, 0) is 59.5 Å². The fourth-order valence-electron chi connectivity index (χ4n) is 3.55. The average Bonchev–Trinajstić information content (AvgIpc) is 3.01. The van der Waals surface area contributed by atoms with Crippen LogP contribution in [-0.4, -0.2) is 51.0 Å². The molecule has 2 aliphatic heterocycles. The maximum Gasteiger partial charge on any atom is 0.276 e. The summed E-state index contributed by atoms with van der Waals surface area (Å²) in [5.41, 5.74) is 1.38. The first-order valence-electron chi connectivity index (χ1n) is 7.95. The van der Waals surface area contributed by atoms with Crippen LogP contribution in [0.2, 0.25) is 0 Å². The van der Waals surface area contributed by atoms with Crippen molar-refractivity contribution in [2.45, 2.75) is 58.0 Å². The molecule has 2 saturated heterocycles. The molecule has 0 aromatic carbocycles. The van der Waals surface area contributed by atoms with E-state index in [9.17, 15) is 4.79 Å². The monoisotopic (exact) mass is 327 g/mol. The third-order valence-corrected chi connectivity index (χ3v) is 4.93. The number of amides is 1. The Bertz CT molecular complexity index is 536. The van der Waals surface area contributed by atoms with Crippen molar-refractivity contribution in [2.24, 2.45) is 0 Å². The number of nitrogens with zero attached hydrogens (tertiary/aromatic N) is 4. The highest BCUT2D eigenvalue weighted by molar-refractivity contribution is 5.94. The molecule has 0 spiro atoms. The minimum absolute atomic E-state index is 0. The van der Waals surface area contributed by atoms with Crippen molar-refractivity contribution in [2.75, 3.05) is 19.6 Å². The summed E-state index contributed by atoms with van der Waals surface area (Å²) < 4.78 is 1.96. The Morgan fingerprint density at radius 3 is 2.59 bits per heavy atom. The van der Waals surface area contributed by atoms with Crippen molar-refractivity contribution in [3.8, 4) is 0 Å². The lowest BCUT2D eigenvalue weighted by molar-refractivity contribution is 0.0645. The van der Waals surface area contributed by atoms with Gasteiger partial charge in [-0.15, -0.1) is 17.5 Å². The molecule has 1 aromatic heterocycles. The van der Waals surface area contributed by atoms with Crippen molar-refractivity contribution in [1.82, 2.24) is 25.2 Å². The van der Waals surface area contributed by atoms with Crippen LogP contribution in [0.5, 0.6) is 0 Å². The molecule has 3 heterocycles. The number of likely N-dealkylation sites (tertiary alicyclic amines) is 1. The molecule has 0 radical (unpaired) electrons. The molecule has 0 saturated carbocycles. The number of rotatable bonds is 2. The van der Waals surface area contributed by atoms with Gasteiger partial charge in [0.05, 0.1) is 11.7 Å². The smallest absolute Gasteiger partial charge is 0.276 e. The van der Waals surface area contributed by atoms with E-state index in [4.69, 9.17) is 0 Å². The van der Waals surface area contributed by atoms with Crippen molar-refractivity contribution in [3.63, 3.8) is 0 Å². The fraction of sp³-hybridized carbons (Fsp3) is 0.800. The van der Waals surface area contributed by atoms with Crippen LogP contribution in [0.1, 0.15) is 61.8 Å². The van der Waals surface area contributed by atoms with Gasteiger partial charge in [-0.25, -0.2) is 4.68 Å². The molecule has 1 N–H and O–H groups in total. The van der Waals surface area contributed by atoms with Crippen LogP contribution in [0.4, 0.5) is 0 Å². The number of carbonyl (C=O) groups is 1. The van der Waals surface area contributed by atoms with E-state index in [1.807, 2.05) is 16.5 Å². The zero-order valence-corrected chi connectivity index (χ0v) is 14.4. The molecule has 2 fully saturated rings. The molecule has 0 aliphatic carbocycles. The number of hydrogen-bond donors (Lipinski definition) is 1. The predicted molar refractivity (Wildman–Crippen MR) is 87.5 cm³/mol. The molecular weight excluding hydrogens is 302 g/mol. The highest BCUT2D eigenvalue weighted by Gasteiger charge is 2.38. The number of aromatic nitrogens is 3. The van der Waals surface area contributed by atoms with Gasteiger partial charge in [0.25, 0.3) is 5.91 Å². The Morgan fingerprint density at radius 1 is 1.32 bits per heavy atom. The van der Waals surface area contributed by atoms with Crippen molar-refractivity contribution in [3.05, 3.63) is 11.4 Å². The topological polar surface area (TPSA) is 63.1 Å². The van der Waals surface area contributed by atoms with Gasteiger partial charge in [-0.2, -0.15) is 0 Å². The molecule has 0 atom stereocenters. The van der Waals surface area contributed by atoms with E-state index < -0.39 is 0 Å². The summed E-state index contributed by atoms with van der Waals surface area (Å²) >= 11 is 0. The third-order valence-electron chi connectivity index (χ3n) is 4.93. The van der Waals surface area contributed by atoms with Gasteiger partial charge in [-0.3, -0.25) is 4.79 Å². The summed E-state index contributed by atoms with van der Waals surface area (Å²) in [5.74, 6) is 0.0372. The molecule has 124 valence electrons. The van der Waals surface area contributed by atoms with Gasteiger partial charge < -0.3 is 10.2 Å². The number of carbonyl (C=O) groups excluding carboxylic acids is 1. The predicted octanol–water partition coefficient (Wildman–Crippen LogP) is 1.95. The van der Waals surface area contributed by atoms with Gasteiger partial charge in [0, 0.05) is 12.1 Å². The van der Waals surface area contributed by atoms with Crippen LogP contribution in [0.3, 0.4) is 0 Å². The van der Waals surface area contributed by atoms with Gasteiger partial charge in [0.2, 0.25) is 0 Å². The van der Waals surface area contributed by atoms with Crippen LogP contribution in [0.15, 0.2) is 0 Å². The van der Waals surface area contributed by atoms with E-state index in [0.717, 1.165) is 51.0 Å². The van der Waals surface area contributed by atoms with Crippen LogP contribution in [0.25, 0.3) is 0 Å². The summed E-state index contributed by atoms with van der Waals surface area (Å²) in [6.07, 6.45) is 4.22. The second-order valence-corrected chi connectivity index (χ2v) is 6.82. The largest absolute Gasteiger partial charge is 0.332 e. The van der Waals surface area contributed by atoms with Gasteiger partial charge in [0.1, 0.15) is 0 Å². The van der Waals surface area contributed by atoms with E-state index in [2.05, 4.69) is 29.5 Å². The lowest BCUT2D eigenvalue weighted by Gasteiger charge is -2.31. The second-order valence-electron chi connectivity index (χ2n) is 6.82. The molecule has 2 aliphatic rings. The normalized spacial score (nSPS) is 21.7. The second kappa shape index (κ2) is 6.54. The molecule has 1 amide bonds. The van der Waals surface area contributed by atoms with Crippen molar-refractivity contribution >= 4 is 18.3 Å². The highest BCUT2D eigenvalue weighted by Crippen LogP contribution is 2.30. The Balaban J connectivity index is 0.00000176. The van der Waals surface area contributed by atoms with Gasteiger partial charge in [0.15, 0.2) is 5.69 Å². The third kappa shape index (κ3) is 2.99. The minimum Gasteiger partial charge on any atom is -0.332 e. The number of nitrogens with one attached hydrogen (secondary N) is 1. The molecule has 22 heavy (non-hydrogen) atoms. The van der Waals surface area contributed by atoms with E-state index >= 15 is 0 Å². The highest BCUT2D eigenvalue weighted by atomic mass is 35.5. The number of hydrogen-bond acceptors (Lipinski definition) is 4. The van der Waals surface area contributed by atoms with Crippen molar-refractivity contribution < 1.29 is 4.79 Å². The molecule has 6 nitrogen and oxygen atoms in total. The van der Waals surface area contributed by atoms with E-state index in [-0.39, 0.29) is 23.9 Å². The molecule has 7 heteroatoms.